The number of pyridine rings is 1. The molecule has 0 aromatic carbocycles. The molecule has 2 rings (SSSR count). The maximum atomic E-state index is 12.0. The van der Waals surface area contributed by atoms with Crippen molar-refractivity contribution in [2.75, 3.05) is 13.6 Å². The van der Waals surface area contributed by atoms with Gasteiger partial charge in [-0.3, -0.25) is 14.6 Å². The van der Waals surface area contributed by atoms with Gasteiger partial charge in [0.25, 0.3) is 5.91 Å². The average molecular weight is 312 g/mol. The number of carbonyl (C=O) groups is 2. The summed E-state index contributed by atoms with van der Waals surface area (Å²) in [5.41, 5.74) is 0.464. The summed E-state index contributed by atoms with van der Waals surface area (Å²) in [6, 6.07) is 2.00. The van der Waals surface area contributed by atoms with E-state index in [0.717, 1.165) is 17.3 Å². The standard InChI is InChI=1S/C12H14BrN3O2/c1-16(7-11(17)15-10-2-3-10)12(18)8-4-9(13)6-14-5-8/h4-6,10H,2-3,7H2,1H3,(H,15,17). The number of nitrogens with zero attached hydrogens (tertiary/aromatic N) is 2. The van der Waals surface area contributed by atoms with Crippen molar-refractivity contribution in [1.82, 2.24) is 15.2 Å². The van der Waals surface area contributed by atoms with E-state index in [1.807, 2.05) is 0 Å². The number of hydrogen-bond donors (Lipinski definition) is 1. The van der Waals surface area contributed by atoms with Gasteiger partial charge in [-0.25, -0.2) is 0 Å². The molecular weight excluding hydrogens is 298 g/mol. The van der Waals surface area contributed by atoms with Crippen LogP contribution in [0.2, 0.25) is 0 Å². The van der Waals surface area contributed by atoms with E-state index in [1.165, 1.54) is 11.1 Å². The highest BCUT2D eigenvalue weighted by Gasteiger charge is 2.24. The zero-order chi connectivity index (χ0) is 13.1. The quantitative estimate of drug-likeness (QED) is 0.908. The van der Waals surface area contributed by atoms with Crippen molar-refractivity contribution in [1.29, 1.82) is 0 Å². The molecule has 0 aliphatic heterocycles. The smallest absolute Gasteiger partial charge is 0.255 e. The van der Waals surface area contributed by atoms with Crippen LogP contribution in [-0.4, -0.2) is 41.3 Å². The van der Waals surface area contributed by atoms with E-state index >= 15 is 0 Å². The van der Waals surface area contributed by atoms with E-state index in [4.69, 9.17) is 0 Å². The van der Waals surface area contributed by atoms with E-state index in [-0.39, 0.29) is 18.4 Å². The molecule has 1 aromatic heterocycles. The van der Waals surface area contributed by atoms with Crippen LogP contribution in [-0.2, 0) is 4.79 Å². The van der Waals surface area contributed by atoms with Crippen molar-refractivity contribution >= 4 is 27.7 Å². The lowest BCUT2D eigenvalue weighted by molar-refractivity contribution is -0.121. The van der Waals surface area contributed by atoms with Crippen molar-refractivity contribution in [2.45, 2.75) is 18.9 Å². The van der Waals surface area contributed by atoms with Crippen LogP contribution < -0.4 is 5.32 Å². The number of nitrogens with one attached hydrogen (secondary N) is 1. The maximum Gasteiger partial charge on any atom is 0.255 e. The Morgan fingerprint density at radius 1 is 1.50 bits per heavy atom. The second-order valence-corrected chi connectivity index (χ2v) is 5.31. The number of aromatic nitrogens is 1. The lowest BCUT2D eigenvalue weighted by Crippen LogP contribution is -2.39. The fourth-order valence-corrected chi connectivity index (χ4v) is 1.90. The number of carbonyl (C=O) groups excluding carboxylic acids is 2. The first-order chi connectivity index (χ1) is 8.56. The highest BCUT2D eigenvalue weighted by Crippen LogP contribution is 2.18. The van der Waals surface area contributed by atoms with E-state index in [0.29, 0.717) is 11.6 Å². The summed E-state index contributed by atoms with van der Waals surface area (Å²) in [7, 11) is 1.61. The first kappa shape index (κ1) is 13.0. The zero-order valence-electron chi connectivity index (χ0n) is 10.0. The van der Waals surface area contributed by atoms with Crippen LogP contribution in [0.5, 0.6) is 0 Å². The molecule has 0 radical (unpaired) electrons. The molecule has 96 valence electrons. The van der Waals surface area contributed by atoms with Gasteiger partial charge >= 0.3 is 0 Å². The predicted molar refractivity (Wildman–Crippen MR) is 70.1 cm³/mol. The van der Waals surface area contributed by atoms with Gasteiger partial charge in [-0.1, -0.05) is 0 Å². The highest BCUT2D eigenvalue weighted by molar-refractivity contribution is 9.10. The monoisotopic (exact) mass is 311 g/mol. The molecule has 1 heterocycles. The summed E-state index contributed by atoms with van der Waals surface area (Å²) in [5, 5.41) is 2.84. The first-order valence-corrected chi connectivity index (χ1v) is 6.51. The van der Waals surface area contributed by atoms with Crippen LogP contribution in [0.4, 0.5) is 0 Å². The molecule has 0 atom stereocenters. The largest absolute Gasteiger partial charge is 0.352 e. The minimum absolute atomic E-state index is 0.0713. The van der Waals surface area contributed by atoms with Crippen molar-refractivity contribution in [3.8, 4) is 0 Å². The highest BCUT2D eigenvalue weighted by atomic mass is 79.9. The van der Waals surface area contributed by atoms with Crippen molar-refractivity contribution in [2.24, 2.45) is 0 Å². The predicted octanol–water partition coefficient (Wildman–Crippen LogP) is 1.19. The van der Waals surface area contributed by atoms with E-state index in [2.05, 4.69) is 26.2 Å². The number of hydrogen-bond acceptors (Lipinski definition) is 3. The summed E-state index contributed by atoms with van der Waals surface area (Å²) in [5.74, 6) is -0.328. The van der Waals surface area contributed by atoms with Crippen molar-refractivity contribution in [3.05, 3.63) is 28.5 Å². The Labute approximate surface area is 114 Å². The third kappa shape index (κ3) is 3.53. The lowest BCUT2D eigenvalue weighted by Gasteiger charge is -2.16. The number of amides is 2. The third-order valence-corrected chi connectivity index (χ3v) is 3.06. The molecule has 1 aliphatic rings. The molecule has 0 unspecified atom stereocenters. The minimum Gasteiger partial charge on any atom is -0.352 e. The Balaban J connectivity index is 1.93. The Hall–Kier alpha value is -1.43. The number of likely N-dealkylation sites (N-methyl/N-ethyl adjacent to an activating group) is 1. The van der Waals surface area contributed by atoms with Crippen LogP contribution >= 0.6 is 15.9 Å². The van der Waals surface area contributed by atoms with Gasteiger partial charge in [-0.15, -0.1) is 0 Å². The molecular formula is C12H14BrN3O2. The fraction of sp³-hybridized carbons (Fsp3) is 0.417. The van der Waals surface area contributed by atoms with Gasteiger partial charge in [-0.05, 0) is 34.8 Å². The van der Waals surface area contributed by atoms with E-state index in [9.17, 15) is 9.59 Å². The Kier molecular flexibility index (Phi) is 3.96. The number of halogens is 1. The van der Waals surface area contributed by atoms with Crippen LogP contribution in [0.15, 0.2) is 22.9 Å². The van der Waals surface area contributed by atoms with Gasteiger partial charge in [0.1, 0.15) is 0 Å². The SMILES string of the molecule is CN(CC(=O)NC1CC1)C(=O)c1cncc(Br)c1. The molecule has 1 saturated carbocycles. The maximum absolute atomic E-state index is 12.0. The molecule has 1 fully saturated rings. The molecule has 0 spiro atoms. The third-order valence-electron chi connectivity index (χ3n) is 2.62. The molecule has 2 amide bonds. The van der Waals surface area contributed by atoms with Gasteiger partial charge in [0.15, 0.2) is 0 Å². The number of rotatable bonds is 4. The topological polar surface area (TPSA) is 62.3 Å². The minimum atomic E-state index is -0.213. The Morgan fingerprint density at radius 2 is 2.22 bits per heavy atom. The van der Waals surface area contributed by atoms with E-state index < -0.39 is 0 Å². The van der Waals surface area contributed by atoms with Gasteiger partial charge < -0.3 is 10.2 Å². The normalized spacial score (nSPS) is 14.1. The second-order valence-electron chi connectivity index (χ2n) is 4.39. The summed E-state index contributed by atoms with van der Waals surface area (Å²) in [6.07, 6.45) is 5.18. The fourth-order valence-electron chi connectivity index (χ4n) is 1.54. The van der Waals surface area contributed by atoms with Gasteiger partial charge in [0.2, 0.25) is 5.91 Å². The Morgan fingerprint density at radius 3 is 2.83 bits per heavy atom. The average Bonchev–Trinajstić information content (AvgIpc) is 3.11. The molecule has 0 saturated heterocycles. The molecule has 1 N–H and O–H groups in total. The summed E-state index contributed by atoms with van der Waals surface area (Å²) < 4.78 is 0.740. The summed E-state index contributed by atoms with van der Waals surface area (Å²) >= 11 is 3.26. The Bertz CT molecular complexity index is 474. The van der Waals surface area contributed by atoms with Crippen molar-refractivity contribution in [3.63, 3.8) is 0 Å². The molecule has 1 aromatic rings. The lowest BCUT2D eigenvalue weighted by atomic mass is 10.2. The van der Waals surface area contributed by atoms with Crippen LogP contribution in [0, 0.1) is 0 Å². The van der Waals surface area contributed by atoms with Crippen LogP contribution in [0.1, 0.15) is 23.2 Å². The molecule has 1 aliphatic carbocycles. The van der Waals surface area contributed by atoms with Gasteiger partial charge in [0.05, 0.1) is 12.1 Å². The van der Waals surface area contributed by atoms with Gasteiger partial charge in [0, 0.05) is 30.0 Å². The summed E-state index contributed by atoms with van der Waals surface area (Å²) in [6.45, 7) is 0.0713. The van der Waals surface area contributed by atoms with E-state index in [1.54, 1.807) is 19.3 Å². The summed E-state index contributed by atoms with van der Waals surface area (Å²) in [4.78, 5) is 28.9. The van der Waals surface area contributed by atoms with Gasteiger partial charge in [-0.2, -0.15) is 0 Å². The second kappa shape index (κ2) is 5.48. The molecule has 18 heavy (non-hydrogen) atoms. The van der Waals surface area contributed by atoms with Crippen LogP contribution in [0.3, 0.4) is 0 Å². The molecule has 0 bridgehead atoms. The van der Waals surface area contributed by atoms with Crippen LogP contribution in [0.25, 0.3) is 0 Å². The zero-order valence-corrected chi connectivity index (χ0v) is 11.6. The molecule has 5 nitrogen and oxygen atoms in total. The molecule has 6 heteroatoms. The van der Waals surface area contributed by atoms with Crippen molar-refractivity contribution < 1.29 is 9.59 Å². The first-order valence-electron chi connectivity index (χ1n) is 5.71.